The number of anilines is 1. The number of nitrogens with zero attached hydrogens (tertiary/aromatic N) is 3. The maximum atomic E-state index is 11.1. The van der Waals surface area contributed by atoms with Crippen molar-refractivity contribution in [3.63, 3.8) is 0 Å². The fraction of sp³-hybridized carbons (Fsp3) is 0.583. The minimum atomic E-state index is -1.00. The zero-order valence-electron chi connectivity index (χ0n) is 11.2. The van der Waals surface area contributed by atoms with E-state index in [-0.39, 0.29) is 11.6 Å². The molecule has 0 spiro atoms. The molecule has 0 aliphatic carbocycles. The van der Waals surface area contributed by atoms with E-state index in [0.29, 0.717) is 11.7 Å². The number of aromatic nitrogens is 2. The Labute approximate surface area is 107 Å². The van der Waals surface area contributed by atoms with Gasteiger partial charge < -0.3 is 15.3 Å². The molecule has 0 saturated heterocycles. The van der Waals surface area contributed by atoms with Gasteiger partial charge in [-0.2, -0.15) is 5.10 Å². The van der Waals surface area contributed by atoms with Crippen LogP contribution in [0, 0.1) is 5.92 Å². The molecule has 1 aromatic heterocycles. The van der Waals surface area contributed by atoms with Crippen molar-refractivity contribution >= 4 is 11.8 Å². The molecule has 6 nitrogen and oxygen atoms in total. The van der Waals surface area contributed by atoms with Gasteiger partial charge in [-0.05, 0) is 26.1 Å². The molecule has 1 rings (SSSR count). The van der Waals surface area contributed by atoms with Gasteiger partial charge in [-0.25, -0.2) is 4.79 Å². The number of carbonyl (C=O) groups is 1. The Hall–Kier alpha value is -1.69. The van der Waals surface area contributed by atoms with E-state index in [1.807, 2.05) is 14.1 Å². The van der Waals surface area contributed by atoms with Crippen molar-refractivity contribution in [3.8, 4) is 0 Å². The van der Waals surface area contributed by atoms with Crippen LogP contribution in [-0.2, 0) is 0 Å². The summed E-state index contributed by atoms with van der Waals surface area (Å²) in [5.41, 5.74) is 0.148. The van der Waals surface area contributed by atoms with Crippen LogP contribution in [0.2, 0.25) is 0 Å². The Morgan fingerprint density at radius 1 is 1.50 bits per heavy atom. The first-order valence-electron chi connectivity index (χ1n) is 5.88. The average molecular weight is 252 g/mol. The molecule has 0 bridgehead atoms. The highest BCUT2D eigenvalue weighted by atomic mass is 16.4. The highest BCUT2D eigenvalue weighted by Crippen LogP contribution is 2.15. The molecule has 0 aromatic carbocycles. The molecular weight excluding hydrogens is 232 g/mol. The second-order valence-corrected chi connectivity index (χ2v) is 4.86. The topological polar surface area (TPSA) is 78.3 Å². The quantitative estimate of drug-likeness (QED) is 0.791. The number of rotatable bonds is 6. The van der Waals surface area contributed by atoms with E-state index in [2.05, 4.69) is 34.3 Å². The molecule has 0 aliphatic heterocycles. The molecule has 0 aliphatic rings. The van der Waals surface area contributed by atoms with Crippen molar-refractivity contribution in [2.24, 2.45) is 5.92 Å². The molecule has 1 unspecified atom stereocenters. The molecule has 0 radical (unpaired) electrons. The maximum Gasteiger partial charge on any atom is 0.339 e. The second kappa shape index (κ2) is 6.30. The minimum Gasteiger partial charge on any atom is -0.478 e. The van der Waals surface area contributed by atoms with Crippen LogP contribution >= 0.6 is 0 Å². The third-order valence-corrected chi connectivity index (χ3v) is 2.64. The van der Waals surface area contributed by atoms with Crippen LogP contribution < -0.4 is 5.32 Å². The number of carboxylic acids is 1. The Morgan fingerprint density at radius 2 is 2.17 bits per heavy atom. The summed E-state index contributed by atoms with van der Waals surface area (Å²) in [5.74, 6) is -0.318. The van der Waals surface area contributed by atoms with Crippen molar-refractivity contribution < 1.29 is 9.90 Å². The number of hydrogen-bond donors (Lipinski definition) is 2. The predicted octanol–water partition coefficient (Wildman–Crippen LogP) is 1.17. The lowest BCUT2D eigenvalue weighted by atomic mass is 10.0. The lowest BCUT2D eigenvalue weighted by molar-refractivity contribution is 0.0697. The van der Waals surface area contributed by atoms with E-state index < -0.39 is 5.97 Å². The Morgan fingerprint density at radius 3 is 2.67 bits per heavy atom. The van der Waals surface area contributed by atoms with Crippen LogP contribution in [0.4, 0.5) is 5.82 Å². The summed E-state index contributed by atoms with van der Waals surface area (Å²) in [5, 5.41) is 19.8. The largest absolute Gasteiger partial charge is 0.478 e. The molecule has 100 valence electrons. The molecule has 2 N–H and O–H groups in total. The summed E-state index contributed by atoms with van der Waals surface area (Å²) in [6.07, 6.45) is 1.38. The fourth-order valence-corrected chi connectivity index (χ4v) is 1.60. The number of likely N-dealkylation sites (N-methyl/N-ethyl adjacent to an activating group) is 1. The van der Waals surface area contributed by atoms with Gasteiger partial charge in [0.1, 0.15) is 5.56 Å². The van der Waals surface area contributed by atoms with E-state index >= 15 is 0 Å². The SMILES string of the molecule is CC(C)C(CN(C)C)Nc1nnccc1C(=O)O. The highest BCUT2D eigenvalue weighted by molar-refractivity contribution is 5.92. The average Bonchev–Trinajstić information content (AvgIpc) is 2.27. The molecular formula is C12H20N4O2. The monoisotopic (exact) mass is 252 g/mol. The Bertz CT molecular complexity index is 407. The molecule has 0 amide bonds. The van der Waals surface area contributed by atoms with Gasteiger partial charge >= 0.3 is 5.97 Å². The Balaban J connectivity index is 2.90. The van der Waals surface area contributed by atoms with Crippen LogP contribution in [0.3, 0.4) is 0 Å². The van der Waals surface area contributed by atoms with Crippen molar-refractivity contribution in [2.75, 3.05) is 26.0 Å². The van der Waals surface area contributed by atoms with Crippen LogP contribution in [-0.4, -0.2) is 52.9 Å². The second-order valence-electron chi connectivity index (χ2n) is 4.86. The van der Waals surface area contributed by atoms with Gasteiger partial charge in [0, 0.05) is 12.6 Å². The number of carboxylic acid groups (broad SMARTS) is 1. The van der Waals surface area contributed by atoms with Crippen LogP contribution in [0.1, 0.15) is 24.2 Å². The van der Waals surface area contributed by atoms with Gasteiger partial charge in [0.25, 0.3) is 0 Å². The van der Waals surface area contributed by atoms with Gasteiger partial charge in [-0.1, -0.05) is 13.8 Å². The molecule has 18 heavy (non-hydrogen) atoms. The van der Waals surface area contributed by atoms with Gasteiger partial charge in [0.2, 0.25) is 0 Å². The molecule has 0 saturated carbocycles. The van der Waals surface area contributed by atoms with Gasteiger partial charge in [-0.3, -0.25) is 0 Å². The van der Waals surface area contributed by atoms with E-state index in [1.165, 1.54) is 12.3 Å². The summed E-state index contributed by atoms with van der Waals surface area (Å²) in [6, 6.07) is 1.57. The fourth-order valence-electron chi connectivity index (χ4n) is 1.60. The van der Waals surface area contributed by atoms with Gasteiger partial charge in [-0.15, -0.1) is 5.10 Å². The summed E-state index contributed by atoms with van der Waals surface area (Å²) >= 11 is 0. The van der Waals surface area contributed by atoms with Crippen molar-refractivity contribution in [1.82, 2.24) is 15.1 Å². The van der Waals surface area contributed by atoms with Crippen LogP contribution in [0.15, 0.2) is 12.3 Å². The summed E-state index contributed by atoms with van der Waals surface area (Å²) < 4.78 is 0. The Kier molecular flexibility index (Phi) is 5.03. The van der Waals surface area contributed by atoms with Gasteiger partial charge in [0.15, 0.2) is 5.82 Å². The smallest absolute Gasteiger partial charge is 0.339 e. The van der Waals surface area contributed by atoms with E-state index in [9.17, 15) is 4.79 Å². The molecule has 0 fully saturated rings. The molecule has 1 aromatic rings. The third-order valence-electron chi connectivity index (χ3n) is 2.64. The van der Waals surface area contributed by atoms with Crippen molar-refractivity contribution in [3.05, 3.63) is 17.8 Å². The lowest BCUT2D eigenvalue weighted by Gasteiger charge is -2.26. The number of nitrogens with one attached hydrogen (secondary N) is 1. The third kappa shape index (κ3) is 3.96. The number of aromatic carboxylic acids is 1. The standard InChI is InChI=1S/C12H20N4O2/c1-8(2)10(7-16(3)4)14-11-9(12(17)18)5-6-13-15-11/h5-6,8,10H,7H2,1-4H3,(H,14,15)(H,17,18). The first kappa shape index (κ1) is 14.4. The molecule has 1 atom stereocenters. The normalized spacial score (nSPS) is 12.8. The van der Waals surface area contributed by atoms with Crippen LogP contribution in [0.5, 0.6) is 0 Å². The first-order chi connectivity index (χ1) is 8.41. The summed E-state index contributed by atoms with van der Waals surface area (Å²) in [4.78, 5) is 13.1. The molecule has 1 heterocycles. The molecule has 6 heteroatoms. The lowest BCUT2D eigenvalue weighted by Crippen LogP contribution is -2.37. The number of hydrogen-bond acceptors (Lipinski definition) is 5. The predicted molar refractivity (Wildman–Crippen MR) is 69.8 cm³/mol. The van der Waals surface area contributed by atoms with E-state index in [4.69, 9.17) is 5.11 Å². The summed E-state index contributed by atoms with van der Waals surface area (Å²) in [7, 11) is 3.96. The van der Waals surface area contributed by atoms with E-state index in [1.54, 1.807) is 0 Å². The van der Waals surface area contributed by atoms with Gasteiger partial charge in [0.05, 0.1) is 6.20 Å². The zero-order chi connectivity index (χ0) is 13.7. The maximum absolute atomic E-state index is 11.1. The first-order valence-corrected chi connectivity index (χ1v) is 5.88. The van der Waals surface area contributed by atoms with Crippen LogP contribution in [0.25, 0.3) is 0 Å². The summed E-state index contributed by atoms with van der Waals surface area (Å²) in [6.45, 7) is 4.96. The van der Waals surface area contributed by atoms with E-state index in [0.717, 1.165) is 6.54 Å². The van der Waals surface area contributed by atoms with Crippen molar-refractivity contribution in [1.29, 1.82) is 0 Å². The van der Waals surface area contributed by atoms with Crippen molar-refractivity contribution in [2.45, 2.75) is 19.9 Å². The highest BCUT2D eigenvalue weighted by Gasteiger charge is 2.18. The zero-order valence-corrected chi connectivity index (χ0v) is 11.2. The minimum absolute atomic E-state index is 0.120.